The number of hydrogen-bond acceptors (Lipinski definition) is 6. The van der Waals surface area contributed by atoms with Crippen LogP contribution in [0.5, 0.6) is 0 Å². The maximum absolute atomic E-state index is 12.1. The Morgan fingerprint density at radius 2 is 1.28 bits per heavy atom. The third-order valence-electron chi connectivity index (χ3n) is 3.76. The lowest BCUT2D eigenvalue weighted by atomic mass is 10.1. The van der Waals surface area contributed by atoms with Crippen molar-refractivity contribution >= 4 is 46.4 Å². The van der Waals surface area contributed by atoms with Crippen LogP contribution in [0.4, 0.5) is 11.4 Å². The van der Waals surface area contributed by atoms with Gasteiger partial charge in [-0.25, -0.2) is 9.59 Å². The summed E-state index contributed by atoms with van der Waals surface area (Å²) in [6, 6.07) is 11.3. The number of hydrogen-bond donors (Lipinski definition) is 2. The van der Waals surface area contributed by atoms with E-state index in [1.807, 2.05) is 0 Å². The molecule has 152 valence electrons. The van der Waals surface area contributed by atoms with Gasteiger partial charge in [0, 0.05) is 16.9 Å². The van der Waals surface area contributed by atoms with Crippen molar-refractivity contribution in [2.45, 2.75) is 20.8 Å². The molecule has 0 spiro atoms. The maximum atomic E-state index is 12.1. The van der Waals surface area contributed by atoms with Crippen LogP contribution in [0, 0.1) is 0 Å². The first kappa shape index (κ1) is 22.0. The van der Waals surface area contributed by atoms with Gasteiger partial charge in [0.1, 0.15) is 0 Å². The molecule has 2 aromatic rings. The summed E-state index contributed by atoms with van der Waals surface area (Å²) in [5.74, 6) is -1.14. The Morgan fingerprint density at radius 3 is 1.72 bits per heavy atom. The van der Waals surface area contributed by atoms with Crippen molar-refractivity contribution in [1.29, 1.82) is 0 Å². The van der Waals surface area contributed by atoms with Crippen LogP contribution >= 0.6 is 12.2 Å². The summed E-state index contributed by atoms with van der Waals surface area (Å²) in [7, 11) is 0. The molecule has 0 unspecified atom stereocenters. The van der Waals surface area contributed by atoms with Crippen LogP contribution in [-0.4, -0.2) is 36.0 Å². The third kappa shape index (κ3) is 6.39. The molecule has 8 heteroatoms. The molecule has 0 atom stereocenters. The molecule has 2 aromatic carbocycles. The molecule has 7 nitrogen and oxygen atoms in total. The summed E-state index contributed by atoms with van der Waals surface area (Å²) in [5.41, 5.74) is 2.11. The molecular weight excluding hydrogens is 392 g/mol. The van der Waals surface area contributed by atoms with E-state index in [2.05, 4.69) is 10.6 Å². The van der Waals surface area contributed by atoms with Gasteiger partial charge in [-0.2, -0.15) is 0 Å². The summed E-state index contributed by atoms with van der Waals surface area (Å²) in [4.78, 5) is 35.6. The Labute approximate surface area is 174 Å². The normalized spacial score (nSPS) is 10.0. The smallest absolute Gasteiger partial charge is 0.338 e. The van der Waals surface area contributed by atoms with Gasteiger partial charge in [-0.15, -0.1) is 0 Å². The summed E-state index contributed by atoms with van der Waals surface area (Å²) >= 11 is 5.30. The highest BCUT2D eigenvalue weighted by Crippen LogP contribution is 2.18. The van der Waals surface area contributed by atoms with E-state index < -0.39 is 11.9 Å². The Morgan fingerprint density at radius 1 is 0.793 bits per heavy atom. The molecule has 2 rings (SSSR count). The lowest BCUT2D eigenvalue weighted by Crippen LogP contribution is -2.20. The first-order valence-corrected chi connectivity index (χ1v) is 9.43. The summed E-state index contributed by atoms with van der Waals surface area (Å²) in [6.45, 7) is 5.31. The molecule has 0 saturated carbocycles. The van der Waals surface area contributed by atoms with Crippen molar-refractivity contribution in [3.8, 4) is 0 Å². The molecule has 0 fully saturated rings. The SMILES string of the molecule is CCOC(=O)c1cc(NC(=S)Nc2ccc(C(C)=O)cc2)cc(C(=O)OCC)c1. The van der Waals surface area contributed by atoms with E-state index in [4.69, 9.17) is 21.7 Å². The predicted octanol–water partition coefficient (Wildman–Crippen LogP) is 4.05. The highest BCUT2D eigenvalue weighted by atomic mass is 32.1. The van der Waals surface area contributed by atoms with Gasteiger partial charge in [-0.1, -0.05) is 0 Å². The monoisotopic (exact) mass is 414 g/mol. The van der Waals surface area contributed by atoms with E-state index in [9.17, 15) is 14.4 Å². The van der Waals surface area contributed by atoms with Crippen LogP contribution in [0.1, 0.15) is 51.8 Å². The second-order valence-electron chi connectivity index (χ2n) is 5.95. The number of nitrogens with one attached hydrogen (secondary N) is 2. The van der Waals surface area contributed by atoms with E-state index in [-0.39, 0.29) is 35.2 Å². The molecule has 0 aliphatic carbocycles. The zero-order valence-corrected chi connectivity index (χ0v) is 17.2. The van der Waals surface area contributed by atoms with Crippen LogP contribution in [0.15, 0.2) is 42.5 Å². The number of carbonyl (C=O) groups is 3. The van der Waals surface area contributed by atoms with E-state index in [1.165, 1.54) is 25.1 Å². The zero-order chi connectivity index (χ0) is 21.4. The minimum absolute atomic E-state index is 0.0282. The van der Waals surface area contributed by atoms with Crippen LogP contribution in [0.3, 0.4) is 0 Å². The molecular formula is C21H22N2O5S. The first-order chi connectivity index (χ1) is 13.8. The van der Waals surface area contributed by atoms with Gasteiger partial charge in [-0.05, 0) is 75.5 Å². The van der Waals surface area contributed by atoms with Crippen LogP contribution in [-0.2, 0) is 9.47 Å². The van der Waals surface area contributed by atoms with Crippen molar-refractivity contribution in [2.75, 3.05) is 23.8 Å². The first-order valence-electron chi connectivity index (χ1n) is 9.02. The quantitative estimate of drug-likeness (QED) is 0.398. The van der Waals surface area contributed by atoms with Crippen LogP contribution < -0.4 is 10.6 Å². The third-order valence-corrected chi connectivity index (χ3v) is 3.97. The molecule has 0 aliphatic heterocycles. The van der Waals surface area contributed by atoms with Gasteiger partial charge < -0.3 is 20.1 Å². The fourth-order valence-electron chi connectivity index (χ4n) is 2.45. The summed E-state index contributed by atoms with van der Waals surface area (Å²) < 4.78 is 10.0. The number of thiocarbonyl (C=S) groups is 1. The highest BCUT2D eigenvalue weighted by molar-refractivity contribution is 7.80. The molecule has 0 aliphatic rings. The number of Topliss-reactive ketones (excluding diaryl/α,β-unsaturated/α-hetero) is 1. The van der Waals surface area contributed by atoms with Gasteiger partial charge in [0.15, 0.2) is 10.9 Å². The molecule has 0 saturated heterocycles. The Kier molecular flexibility index (Phi) is 7.85. The van der Waals surface area contributed by atoms with E-state index >= 15 is 0 Å². The molecule has 0 radical (unpaired) electrons. The standard InChI is InChI=1S/C21H22N2O5S/c1-4-27-19(25)15-10-16(20(26)28-5-2)12-18(11-15)23-21(29)22-17-8-6-14(7-9-17)13(3)24/h6-12H,4-5H2,1-3H3,(H2,22,23,29). The topological polar surface area (TPSA) is 93.7 Å². The average molecular weight is 414 g/mol. The molecule has 2 N–H and O–H groups in total. The van der Waals surface area contributed by atoms with Crippen molar-refractivity contribution in [3.63, 3.8) is 0 Å². The van der Waals surface area contributed by atoms with Crippen molar-refractivity contribution in [3.05, 3.63) is 59.2 Å². The lowest BCUT2D eigenvalue weighted by Gasteiger charge is -2.13. The molecule has 29 heavy (non-hydrogen) atoms. The van der Waals surface area contributed by atoms with E-state index in [0.717, 1.165) is 0 Å². The second-order valence-corrected chi connectivity index (χ2v) is 6.36. The number of ketones is 1. The van der Waals surface area contributed by atoms with Crippen LogP contribution in [0.25, 0.3) is 0 Å². The minimum atomic E-state index is -0.555. The zero-order valence-electron chi connectivity index (χ0n) is 16.4. The highest BCUT2D eigenvalue weighted by Gasteiger charge is 2.15. The summed E-state index contributed by atoms with van der Waals surface area (Å²) in [5, 5.41) is 6.17. The van der Waals surface area contributed by atoms with Gasteiger partial charge in [0.2, 0.25) is 0 Å². The fourth-order valence-corrected chi connectivity index (χ4v) is 2.68. The van der Waals surface area contributed by atoms with Gasteiger partial charge in [-0.3, -0.25) is 4.79 Å². The number of anilines is 2. The van der Waals surface area contributed by atoms with Crippen LogP contribution in [0.2, 0.25) is 0 Å². The number of ether oxygens (including phenoxy) is 2. The van der Waals surface area contributed by atoms with E-state index in [0.29, 0.717) is 16.9 Å². The average Bonchev–Trinajstić information content (AvgIpc) is 2.68. The number of esters is 2. The van der Waals surface area contributed by atoms with E-state index in [1.54, 1.807) is 38.1 Å². The fraction of sp³-hybridized carbons (Fsp3) is 0.238. The van der Waals surface area contributed by atoms with Crippen molar-refractivity contribution < 1.29 is 23.9 Å². The molecule has 0 heterocycles. The minimum Gasteiger partial charge on any atom is -0.462 e. The molecule has 0 aromatic heterocycles. The number of rotatable bonds is 7. The van der Waals surface area contributed by atoms with Crippen molar-refractivity contribution in [1.82, 2.24) is 0 Å². The maximum Gasteiger partial charge on any atom is 0.338 e. The van der Waals surface area contributed by atoms with Crippen molar-refractivity contribution in [2.24, 2.45) is 0 Å². The molecule has 0 bridgehead atoms. The van der Waals surface area contributed by atoms with Gasteiger partial charge in [0.25, 0.3) is 0 Å². The Balaban J connectivity index is 2.20. The lowest BCUT2D eigenvalue weighted by molar-refractivity contribution is 0.0525. The predicted molar refractivity (Wildman–Crippen MR) is 115 cm³/mol. The summed E-state index contributed by atoms with van der Waals surface area (Å²) in [6.07, 6.45) is 0. The Bertz CT molecular complexity index is 889. The Hall–Kier alpha value is -3.26. The number of carbonyl (C=O) groups excluding carboxylic acids is 3. The van der Waals surface area contributed by atoms with Gasteiger partial charge in [0.05, 0.1) is 24.3 Å². The number of benzene rings is 2. The molecule has 0 amide bonds. The van der Waals surface area contributed by atoms with Gasteiger partial charge >= 0.3 is 11.9 Å². The largest absolute Gasteiger partial charge is 0.462 e. The second kappa shape index (κ2) is 10.3.